The van der Waals surface area contributed by atoms with Crippen LogP contribution in [0.1, 0.15) is 43.6 Å². The Morgan fingerprint density at radius 1 is 0.912 bits per heavy atom. The fourth-order valence-corrected chi connectivity index (χ4v) is 5.19. The van der Waals surface area contributed by atoms with Crippen molar-refractivity contribution >= 4 is 32.6 Å². The second-order valence-corrected chi connectivity index (χ2v) is 9.04. The minimum Gasteiger partial charge on any atom is -0.490 e. The first-order valence-electron chi connectivity index (χ1n) is 12.1. The predicted molar refractivity (Wildman–Crippen MR) is 137 cm³/mol. The topological polar surface area (TPSA) is 64.1 Å². The molecule has 0 spiro atoms. The maximum absolute atomic E-state index is 13.4. The molecule has 0 aliphatic carbocycles. The molecule has 8 heteroatoms. The standard InChI is InChI=1S/C26H33N3O4S/c1-5-18-9-10-20-23(15-18)34-26(27-20)29-13-11-28(12-14-29)25(30)19-16-21(31-6-2)24(33-8-4)22(17-19)32-7-3/h9-10,15-17H,5-8,11-14H2,1-4H3. The quantitative estimate of drug-likeness (QED) is 0.426. The number of fused-ring (bicyclic) bond motifs is 1. The first-order chi connectivity index (χ1) is 16.6. The molecule has 1 aliphatic heterocycles. The van der Waals surface area contributed by atoms with Crippen LogP contribution in [0.2, 0.25) is 0 Å². The highest BCUT2D eigenvalue weighted by atomic mass is 32.1. The Labute approximate surface area is 205 Å². The maximum atomic E-state index is 13.4. The Balaban J connectivity index is 1.49. The normalized spacial score (nSPS) is 13.9. The number of rotatable bonds is 9. The highest BCUT2D eigenvalue weighted by molar-refractivity contribution is 7.22. The Morgan fingerprint density at radius 3 is 2.15 bits per heavy atom. The van der Waals surface area contributed by atoms with Crippen LogP contribution in [0.5, 0.6) is 17.2 Å². The van der Waals surface area contributed by atoms with Gasteiger partial charge < -0.3 is 24.0 Å². The Bertz CT molecular complexity index is 1110. The average Bonchev–Trinajstić information content (AvgIpc) is 3.29. The average molecular weight is 484 g/mol. The van der Waals surface area contributed by atoms with Crippen molar-refractivity contribution in [1.29, 1.82) is 0 Å². The number of thiazole rings is 1. The van der Waals surface area contributed by atoms with E-state index in [9.17, 15) is 4.79 Å². The fraction of sp³-hybridized carbons (Fsp3) is 0.462. The van der Waals surface area contributed by atoms with Crippen LogP contribution in [-0.4, -0.2) is 61.8 Å². The molecule has 182 valence electrons. The van der Waals surface area contributed by atoms with Gasteiger partial charge in [-0.15, -0.1) is 0 Å². The Hall–Kier alpha value is -3.00. The van der Waals surface area contributed by atoms with Crippen LogP contribution in [0.4, 0.5) is 5.13 Å². The van der Waals surface area contributed by atoms with E-state index in [4.69, 9.17) is 19.2 Å². The summed E-state index contributed by atoms with van der Waals surface area (Å²) in [7, 11) is 0. The number of carbonyl (C=O) groups excluding carboxylic acids is 1. The molecule has 7 nitrogen and oxygen atoms in total. The number of aromatic nitrogens is 1. The second kappa shape index (κ2) is 11.0. The van der Waals surface area contributed by atoms with Gasteiger partial charge >= 0.3 is 0 Å². The van der Waals surface area contributed by atoms with Crippen molar-refractivity contribution in [1.82, 2.24) is 9.88 Å². The molecule has 0 unspecified atom stereocenters. The highest BCUT2D eigenvalue weighted by Gasteiger charge is 2.26. The number of benzene rings is 2. The van der Waals surface area contributed by atoms with Gasteiger partial charge in [-0.25, -0.2) is 4.98 Å². The molecule has 1 amide bonds. The first-order valence-corrected chi connectivity index (χ1v) is 12.9. The molecule has 3 aromatic rings. The number of ether oxygens (including phenoxy) is 3. The lowest BCUT2D eigenvalue weighted by Gasteiger charge is -2.34. The van der Waals surface area contributed by atoms with Crippen LogP contribution in [0.25, 0.3) is 10.2 Å². The Kier molecular flexibility index (Phi) is 7.77. The number of amides is 1. The minimum absolute atomic E-state index is 0.0264. The van der Waals surface area contributed by atoms with Gasteiger partial charge in [0.2, 0.25) is 5.75 Å². The summed E-state index contributed by atoms with van der Waals surface area (Å²) in [4.78, 5) is 22.4. The van der Waals surface area contributed by atoms with Gasteiger partial charge in [-0.2, -0.15) is 0 Å². The van der Waals surface area contributed by atoms with E-state index in [2.05, 4.69) is 30.0 Å². The SMILES string of the molecule is CCOc1cc(C(=O)N2CCN(c3nc4ccc(CC)cc4s3)CC2)cc(OCC)c1OCC. The van der Waals surface area contributed by atoms with Crippen molar-refractivity contribution in [3.8, 4) is 17.2 Å². The van der Waals surface area contributed by atoms with Crippen molar-refractivity contribution in [2.24, 2.45) is 0 Å². The van der Waals surface area contributed by atoms with E-state index in [0.29, 0.717) is 55.7 Å². The molecule has 34 heavy (non-hydrogen) atoms. The molecule has 0 atom stereocenters. The van der Waals surface area contributed by atoms with Crippen LogP contribution in [-0.2, 0) is 6.42 Å². The number of aryl methyl sites for hydroxylation is 1. The monoisotopic (exact) mass is 483 g/mol. The molecule has 1 fully saturated rings. The predicted octanol–water partition coefficient (Wildman–Crippen LogP) is 5.02. The third-order valence-corrected chi connectivity index (χ3v) is 6.92. The van der Waals surface area contributed by atoms with Crippen LogP contribution < -0.4 is 19.1 Å². The molecule has 0 saturated carbocycles. The summed E-state index contributed by atoms with van der Waals surface area (Å²) < 4.78 is 18.6. The zero-order valence-corrected chi connectivity index (χ0v) is 21.2. The summed E-state index contributed by atoms with van der Waals surface area (Å²) in [6.45, 7) is 12.1. The summed E-state index contributed by atoms with van der Waals surface area (Å²) >= 11 is 1.72. The van der Waals surface area contributed by atoms with Crippen molar-refractivity contribution in [2.45, 2.75) is 34.1 Å². The maximum Gasteiger partial charge on any atom is 0.254 e. The smallest absolute Gasteiger partial charge is 0.254 e. The first kappa shape index (κ1) is 24.1. The van der Waals surface area contributed by atoms with E-state index >= 15 is 0 Å². The van der Waals surface area contributed by atoms with Crippen molar-refractivity contribution < 1.29 is 19.0 Å². The number of anilines is 1. The molecule has 1 aromatic heterocycles. The van der Waals surface area contributed by atoms with Gasteiger partial charge in [0, 0.05) is 31.7 Å². The molecular formula is C26H33N3O4S. The van der Waals surface area contributed by atoms with Gasteiger partial charge in [0.25, 0.3) is 5.91 Å². The van der Waals surface area contributed by atoms with E-state index in [-0.39, 0.29) is 5.91 Å². The number of carbonyl (C=O) groups is 1. The summed E-state index contributed by atoms with van der Waals surface area (Å²) in [5.41, 5.74) is 2.92. The minimum atomic E-state index is -0.0264. The third kappa shape index (κ3) is 5.06. The molecule has 0 radical (unpaired) electrons. The molecular weight excluding hydrogens is 450 g/mol. The number of hydrogen-bond acceptors (Lipinski definition) is 7. The molecule has 2 heterocycles. The van der Waals surface area contributed by atoms with E-state index in [1.165, 1.54) is 10.3 Å². The lowest BCUT2D eigenvalue weighted by atomic mass is 10.1. The summed E-state index contributed by atoms with van der Waals surface area (Å²) in [6.07, 6.45) is 1.02. The van der Waals surface area contributed by atoms with E-state index in [1.807, 2.05) is 25.7 Å². The Morgan fingerprint density at radius 2 is 1.56 bits per heavy atom. The van der Waals surface area contributed by atoms with Gasteiger partial charge in [0.05, 0.1) is 30.0 Å². The van der Waals surface area contributed by atoms with Crippen LogP contribution in [0.3, 0.4) is 0 Å². The lowest BCUT2D eigenvalue weighted by Crippen LogP contribution is -2.48. The summed E-state index contributed by atoms with van der Waals surface area (Å²) in [5, 5.41) is 1.02. The van der Waals surface area contributed by atoms with E-state index in [1.54, 1.807) is 23.5 Å². The highest BCUT2D eigenvalue weighted by Crippen LogP contribution is 2.39. The largest absolute Gasteiger partial charge is 0.490 e. The molecule has 4 rings (SSSR count). The van der Waals surface area contributed by atoms with Crippen molar-refractivity contribution in [3.63, 3.8) is 0 Å². The molecule has 1 saturated heterocycles. The number of hydrogen-bond donors (Lipinski definition) is 0. The number of nitrogens with zero attached hydrogens (tertiary/aromatic N) is 3. The van der Waals surface area contributed by atoms with Gasteiger partial charge in [-0.1, -0.05) is 24.3 Å². The van der Waals surface area contributed by atoms with Crippen molar-refractivity contribution in [3.05, 3.63) is 41.5 Å². The van der Waals surface area contributed by atoms with Crippen LogP contribution in [0.15, 0.2) is 30.3 Å². The summed E-state index contributed by atoms with van der Waals surface area (Å²) in [6, 6.07) is 10.0. The third-order valence-electron chi connectivity index (χ3n) is 5.84. The zero-order chi connectivity index (χ0) is 24.1. The molecule has 1 aliphatic rings. The second-order valence-electron chi connectivity index (χ2n) is 8.03. The van der Waals surface area contributed by atoms with Gasteiger partial charge in [0.1, 0.15) is 0 Å². The number of piperazine rings is 1. The molecule has 2 aromatic carbocycles. The van der Waals surface area contributed by atoms with Crippen LogP contribution in [0, 0.1) is 0 Å². The van der Waals surface area contributed by atoms with Gasteiger partial charge in [0.15, 0.2) is 16.6 Å². The lowest BCUT2D eigenvalue weighted by molar-refractivity contribution is 0.0745. The van der Waals surface area contributed by atoms with Crippen LogP contribution >= 0.6 is 11.3 Å². The molecule has 0 bridgehead atoms. The van der Waals surface area contributed by atoms with Crippen molar-refractivity contribution in [2.75, 3.05) is 50.9 Å². The summed E-state index contributed by atoms with van der Waals surface area (Å²) in [5.74, 6) is 1.60. The van der Waals surface area contributed by atoms with Gasteiger partial charge in [-0.05, 0) is 57.0 Å². The molecule has 0 N–H and O–H groups in total. The van der Waals surface area contributed by atoms with E-state index < -0.39 is 0 Å². The fourth-order valence-electron chi connectivity index (χ4n) is 4.11. The zero-order valence-electron chi connectivity index (χ0n) is 20.4. The van der Waals surface area contributed by atoms with E-state index in [0.717, 1.165) is 30.2 Å². The van der Waals surface area contributed by atoms with Gasteiger partial charge in [-0.3, -0.25) is 4.79 Å².